The molecule has 2 aromatic rings. The number of sulfonamides is 1. The Balaban J connectivity index is 1.89. The van der Waals surface area contributed by atoms with Crippen LogP contribution in [0.3, 0.4) is 0 Å². The highest BCUT2D eigenvalue weighted by molar-refractivity contribution is 7.92. The van der Waals surface area contributed by atoms with Gasteiger partial charge in [0, 0.05) is 12.6 Å². The van der Waals surface area contributed by atoms with Gasteiger partial charge in [-0.1, -0.05) is 89.4 Å². The Morgan fingerprint density at radius 1 is 0.974 bits per heavy atom. The van der Waals surface area contributed by atoms with Gasteiger partial charge in [-0.05, 0) is 47.9 Å². The molecule has 1 aliphatic rings. The molecule has 0 unspecified atom stereocenters. The first-order valence-electron chi connectivity index (χ1n) is 13.6. The van der Waals surface area contributed by atoms with E-state index in [4.69, 9.17) is 0 Å². The molecule has 1 N–H and O–H groups in total. The molecule has 0 radical (unpaired) electrons. The fourth-order valence-electron chi connectivity index (χ4n) is 4.99. The molecule has 0 aliphatic heterocycles. The van der Waals surface area contributed by atoms with Crippen molar-refractivity contribution in [2.45, 2.75) is 90.3 Å². The van der Waals surface area contributed by atoms with Gasteiger partial charge in [0.15, 0.2) is 0 Å². The van der Waals surface area contributed by atoms with E-state index >= 15 is 0 Å². The second-order valence-corrected chi connectivity index (χ2v) is 13.2. The van der Waals surface area contributed by atoms with Crippen LogP contribution >= 0.6 is 0 Å². The lowest BCUT2D eigenvalue weighted by molar-refractivity contribution is -0.140. The minimum absolute atomic E-state index is 0.0865. The SMILES string of the molecule is CC[C@@H](C(=O)NC1CCCCC1)N(Cc1ccccc1)C(=O)CN(c1ccc(C(C)(C)C)cc1)S(C)(=O)=O. The third-order valence-corrected chi connectivity index (χ3v) is 8.37. The maximum absolute atomic E-state index is 13.8. The maximum Gasteiger partial charge on any atom is 0.244 e. The van der Waals surface area contributed by atoms with Crippen molar-refractivity contribution in [3.63, 3.8) is 0 Å². The van der Waals surface area contributed by atoms with Crippen LogP contribution in [-0.2, 0) is 31.6 Å². The van der Waals surface area contributed by atoms with Crippen LogP contribution in [0.1, 0.15) is 77.3 Å². The lowest BCUT2D eigenvalue weighted by Crippen LogP contribution is -2.53. The highest BCUT2D eigenvalue weighted by atomic mass is 32.2. The van der Waals surface area contributed by atoms with Crippen molar-refractivity contribution < 1.29 is 18.0 Å². The van der Waals surface area contributed by atoms with Crippen LogP contribution in [-0.4, -0.2) is 50.0 Å². The summed E-state index contributed by atoms with van der Waals surface area (Å²) < 4.78 is 26.8. The molecule has 1 saturated carbocycles. The highest BCUT2D eigenvalue weighted by Gasteiger charge is 2.33. The molecule has 0 heterocycles. The van der Waals surface area contributed by atoms with Crippen molar-refractivity contribution in [3.8, 4) is 0 Å². The molecular weight excluding hydrogens is 498 g/mol. The van der Waals surface area contributed by atoms with Gasteiger partial charge in [-0.25, -0.2) is 8.42 Å². The van der Waals surface area contributed by atoms with Crippen LogP contribution in [0.4, 0.5) is 5.69 Å². The highest BCUT2D eigenvalue weighted by Crippen LogP contribution is 2.26. The largest absolute Gasteiger partial charge is 0.352 e. The number of hydrogen-bond donors (Lipinski definition) is 1. The van der Waals surface area contributed by atoms with Crippen molar-refractivity contribution in [1.29, 1.82) is 0 Å². The van der Waals surface area contributed by atoms with Gasteiger partial charge in [0.05, 0.1) is 11.9 Å². The van der Waals surface area contributed by atoms with Crippen LogP contribution in [0, 0.1) is 0 Å². The number of carbonyl (C=O) groups is 2. The second-order valence-electron chi connectivity index (χ2n) is 11.3. The Morgan fingerprint density at radius 3 is 2.11 bits per heavy atom. The molecule has 7 nitrogen and oxygen atoms in total. The Hall–Kier alpha value is -2.87. The first-order chi connectivity index (χ1) is 17.9. The molecule has 3 rings (SSSR count). The van der Waals surface area contributed by atoms with Crippen LogP contribution in [0.2, 0.25) is 0 Å². The van der Waals surface area contributed by atoms with Gasteiger partial charge in [-0.2, -0.15) is 0 Å². The zero-order chi connectivity index (χ0) is 27.9. The first-order valence-corrected chi connectivity index (χ1v) is 15.5. The van der Waals surface area contributed by atoms with Crippen LogP contribution in [0.15, 0.2) is 54.6 Å². The molecule has 0 aromatic heterocycles. The zero-order valence-electron chi connectivity index (χ0n) is 23.4. The smallest absolute Gasteiger partial charge is 0.244 e. The predicted molar refractivity (Wildman–Crippen MR) is 153 cm³/mol. The summed E-state index contributed by atoms with van der Waals surface area (Å²) in [6, 6.07) is 16.2. The Labute approximate surface area is 228 Å². The molecule has 208 valence electrons. The fourth-order valence-corrected chi connectivity index (χ4v) is 5.83. The minimum atomic E-state index is -3.76. The van der Waals surface area contributed by atoms with Gasteiger partial charge < -0.3 is 10.2 Å². The number of nitrogens with zero attached hydrogens (tertiary/aromatic N) is 2. The normalized spacial score (nSPS) is 15.5. The molecule has 38 heavy (non-hydrogen) atoms. The van der Waals surface area contributed by atoms with Crippen LogP contribution in [0.25, 0.3) is 0 Å². The minimum Gasteiger partial charge on any atom is -0.352 e. The lowest BCUT2D eigenvalue weighted by atomic mass is 9.87. The zero-order valence-corrected chi connectivity index (χ0v) is 24.3. The summed E-state index contributed by atoms with van der Waals surface area (Å²) in [5.41, 5.74) is 2.28. The van der Waals surface area contributed by atoms with Crippen LogP contribution < -0.4 is 9.62 Å². The third-order valence-electron chi connectivity index (χ3n) is 7.23. The maximum atomic E-state index is 13.8. The molecule has 0 saturated heterocycles. The lowest BCUT2D eigenvalue weighted by Gasteiger charge is -2.34. The van der Waals surface area contributed by atoms with Gasteiger partial charge >= 0.3 is 0 Å². The van der Waals surface area contributed by atoms with E-state index in [1.54, 1.807) is 12.1 Å². The van der Waals surface area contributed by atoms with E-state index in [2.05, 4.69) is 26.1 Å². The molecule has 1 fully saturated rings. The van der Waals surface area contributed by atoms with Crippen molar-refractivity contribution in [2.24, 2.45) is 0 Å². The van der Waals surface area contributed by atoms with E-state index in [-0.39, 0.29) is 30.5 Å². The van der Waals surface area contributed by atoms with Crippen molar-refractivity contribution in [2.75, 3.05) is 17.1 Å². The number of benzene rings is 2. The Morgan fingerprint density at radius 2 is 1.58 bits per heavy atom. The monoisotopic (exact) mass is 541 g/mol. The quantitative estimate of drug-likeness (QED) is 0.458. The number of amides is 2. The summed E-state index contributed by atoms with van der Waals surface area (Å²) >= 11 is 0. The number of nitrogens with one attached hydrogen (secondary N) is 1. The summed E-state index contributed by atoms with van der Waals surface area (Å²) in [7, 11) is -3.76. The van der Waals surface area contributed by atoms with E-state index in [0.717, 1.165) is 47.4 Å². The van der Waals surface area contributed by atoms with E-state index in [0.29, 0.717) is 12.1 Å². The van der Waals surface area contributed by atoms with Gasteiger partial charge in [0.25, 0.3) is 0 Å². The topological polar surface area (TPSA) is 86.8 Å². The Kier molecular flexibility index (Phi) is 9.99. The average molecular weight is 542 g/mol. The van der Waals surface area contributed by atoms with E-state index in [1.165, 1.54) is 11.3 Å². The summed E-state index contributed by atoms with van der Waals surface area (Å²) in [4.78, 5) is 28.8. The van der Waals surface area contributed by atoms with Crippen molar-refractivity contribution in [1.82, 2.24) is 10.2 Å². The second kappa shape index (κ2) is 12.8. The summed E-state index contributed by atoms with van der Waals surface area (Å²) in [6.45, 7) is 7.99. The molecule has 2 aromatic carbocycles. The molecule has 8 heteroatoms. The number of hydrogen-bond acceptors (Lipinski definition) is 4. The molecule has 0 bridgehead atoms. The van der Waals surface area contributed by atoms with Crippen molar-refractivity contribution in [3.05, 3.63) is 65.7 Å². The number of rotatable bonds is 10. The first kappa shape index (κ1) is 29.7. The van der Waals surface area contributed by atoms with Crippen LogP contribution in [0.5, 0.6) is 0 Å². The van der Waals surface area contributed by atoms with E-state index in [1.807, 2.05) is 49.4 Å². The molecule has 0 spiro atoms. The fraction of sp³-hybridized carbons (Fsp3) is 0.533. The number of carbonyl (C=O) groups excluding carboxylic acids is 2. The molecule has 1 atom stereocenters. The number of anilines is 1. The van der Waals surface area contributed by atoms with Gasteiger partial charge in [0.1, 0.15) is 12.6 Å². The van der Waals surface area contributed by atoms with Gasteiger partial charge in [-0.15, -0.1) is 0 Å². The standard InChI is InChI=1S/C30H43N3O4S/c1-6-27(29(35)31-25-15-11-8-12-16-25)32(21-23-13-9-7-10-14-23)28(34)22-33(38(5,36)37)26-19-17-24(18-20-26)30(2,3)4/h7,9-10,13-14,17-20,25,27H,6,8,11-12,15-16,21-22H2,1-5H3,(H,31,35)/t27-/m0/s1. The van der Waals surface area contributed by atoms with Crippen molar-refractivity contribution >= 4 is 27.5 Å². The predicted octanol–water partition coefficient (Wildman–Crippen LogP) is 5.01. The molecule has 1 aliphatic carbocycles. The van der Waals surface area contributed by atoms with E-state index in [9.17, 15) is 18.0 Å². The molecular formula is C30H43N3O4S. The third kappa shape index (κ3) is 8.06. The van der Waals surface area contributed by atoms with Gasteiger partial charge in [0.2, 0.25) is 21.8 Å². The Bertz CT molecular complexity index is 1170. The summed E-state index contributed by atoms with van der Waals surface area (Å²) in [6.07, 6.45) is 6.78. The average Bonchev–Trinajstić information content (AvgIpc) is 2.87. The van der Waals surface area contributed by atoms with E-state index < -0.39 is 22.0 Å². The summed E-state index contributed by atoms with van der Waals surface area (Å²) in [5, 5.41) is 3.16. The van der Waals surface area contributed by atoms with Gasteiger partial charge in [-0.3, -0.25) is 13.9 Å². The summed E-state index contributed by atoms with van der Waals surface area (Å²) in [5.74, 6) is -0.589. The molecule has 2 amide bonds.